The first kappa shape index (κ1) is 13.0. The second-order valence-corrected chi connectivity index (χ2v) is 4.53. The molecule has 0 saturated heterocycles. The monoisotopic (exact) mass is 223 g/mol. The standard InChI is InChI=1S/C13H21NO2/c1-4-14-9-11-5-7-12(8-6-11)16-10-13(2,3)15/h5-8,14-15H,4,9-10H2,1-3H3. The molecule has 1 rings (SSSR count). The van der Waals surface area contributed by atoms with Gasteiger partial charge in [0.2, 0.25) is 0 Å². The molecule has 1 aromatic rings. The predicted molar refractivity (Wildman–Crippen MR) is 65.6 cm³/mol. The number of hydrogen-bond acceptors (Lipinski definition) is 3. The number of nitrogens with one attached hydrogen (secondary N) is 1. The molecule has 0 aliphatic carbocycles. The lowest BCUT2D eigenvalue weighted by atomic mass is 10.1. The Morgan fingerprint density at radius 3 is 2.38 bits per heavy atom. The normalized spacial score (nSPS) is 11.5. The first-order valence-corrected chi connectivity index (χ1v) is 5.66. The van der Waals surface area contributed by atoms with Crippen LogP contribution in [0.4, 0.5) is 0 Å². The lowest BCUT2D eigenvalue weighted by Gasteiger charge is -2.17. The van der Waals surface area contributed by atoms with E-state index in [0.717, 1.165) is 18.8 Å². The maximum Gasteiger partial charge on any atom is 0.119 e. The van der Waals surface area contributed by atoms with Gasteiger partial charge in [-0.05, 0) is 38.1 Å². The van der Waals surface area contributed by atoms with E-state index in [0.29, 0.717) is 6.61 Å². The molecule has 0 saturated carbocycles. The molecule has 0 aliphatic heterocycles. The van der Waals surface area contributed by atoms with E-state index in [9.17, 15) is 5.11 Å². The van der Waals surface area contributed by atoms with E-state index < -0.39 is 5.60 Å². The number of benzene rings is 1. The molecule has 1 aromatic carbocycles. The van der Waals surface area contributed by atoms with Gasteiger partial charge in [-0.3, -0.25) is 0 Å². The Hall–Kier alpha value is -1.06. The Kier molecular flexibility index (Phi) is 4.77. The highest BCUT2D eigenvalue weighted by molar-refractivity contribution is 5.27. The van der Waals surface area contributed by atoms with Gasteiger partial charge in [0.1, 0.15) is 12.4 Å². The van der Waals surface area contributed by atoms with Gasteiger partial charge in [0.05, 0.1) is 5.60 Å². The Morgan fingerprint density at radius 2 is 1.88 bits per heavy atom. The second kappa shape index (κ2) is 5.87. The average molecular weight is 223 g/mol. The van der Waals surface area contributed by atoms with Gasteiger partial charge < -0.3 is 15.2 Å². The SMILES string of the molecule is CCNCc1ccc(OCC(C)(C)O)cc1. The Balaban J connectivity index is 2.45. The zero-order valence-corrected chi connectivity index (χ0v) is 10.3. The van der Waals surface area contributed by atoms with E-state index >= 15 is 0 Å². The summed E-state index contributed by atoms with van der Waals surface area (Å²) in [5.41, 5.74) is 0.445. The summed E-state index contributed by atoms with van der Waals surface area (Å²) in [6.45, 7) is 7.69. The molecule has 0 unspecified atom stereocenters. The van der Waals surface area contributed by atoms with E-state index in [1.165, 1.54) is 5.56 Å². The minimum Gasteiger partial charge on any atom is -0.491 e. The molecular formula is C13H21NO2. The molecule has 0 fully saturated rings. The van der Waals surface area contributed by atoms with E-state index in [4.69, 9.17) is 4.74 Å². The number of hydrogen-bond donors (Lipinski definition) is 2. The zero-order chi connectivity index (χ0) is 12.0. The molecule has 3 nitrogen and oxygen atoms in total. The van der Waals surface area contributed by atoms with Crippen molar-refractivity contribution in [1.29, 1.82) is 0 Å². The van der Waals surface area contributed by atoms with Gasteiger partial charge in [-0.1, -0.05) is 19.1 Å². The van der Waals surface area contributed by atoms with Crippen LogP contribution >= 0.6 is 0 Å². The van der Waals surface area contributed by atoms with Crippen molar-refractivity contribution >= 4 is 0 Å². The average Bonchev–Trinajstić information content (AvgIpc) is 2.24. The van der Waals surface area contributed by atoms with Gasteiger partial charge in [-0.2, -0.15) is 0 Å². The molecule has 16 heavy (non-hydrogen) atoms. The molecule has 0 amide bonds. The summed E-state index contributed by atoms with van der Waals surface area (Å²) in [7, 11) is 0. The zero-order valence-electron chi connectivity index (χ0n) is 10.3. The van der Waals surface area contributed by atoms with E-state index in [2.05, 4.69) is 12.2 Å². The van der Waals surface area contributed by atoms with Crippen molar-refractivity contribution < 1.29 is 9.84 Å². The van der Waals surface area contributed by atoms with Crippen LogP contribution < -0.4 is 10.1 Å². The fourth-order valence-electron chi connectivity index (χ4n) is 1.23. The van der Waals surface area contributed by atoms with Crippen molar-refractivity contribution in [2.75, 3.05) is 13.2 Å². The minimum absolute atomic E-state index is 0.305. The summed E-state index contributed by atoms with van der Waals surface area (Å²) in [6, 6.07) is 7.92. The van der Waals surface area contributed by atoms with Gasteiger partial charge in [-0.15, -0.1) is 0 Å². The summed E-state index contributed by atoms with van der Waals surface area (Å²) in [5, 5.41) is 12.8. The topological polar surface area (TPSA) is 41.5 Å². The van der Waals surface area contributed by atoms with Crippen LogP contribution in [-0.2, 0) is 6.54 Å². The third-order valence-electron chi connectivity index (χ3n) is 2.09. The fourth-order valence-corrected chi connectivity index (χ4v) is 1.23. The van der Waals surface area contributed by atoms with Crippen LogP contribution in [0.3, 0.4) is 0 Å². The quantitative estimate of drug-likeness (QED) is 0.774. The molecule has 3 heteroatoms. The van der Waals surface area contributed by atoms with E-state index in [1.54, 1.807) is 13.8 Å². The highest BCUT2D eigenvalue weighted by Crippen LogP contribution is 2.14. The summed E-state index contributed by atoms with van der Waals surface area (Å²) < 4.78 is 5.46. The van der Waals surface area contributed by atoms with Crippen LogP contribution in [0.5, 0.6) is 5.75 Å². The highest BCUT2D eigenvalue weighted by Gasteiger charge is 2.12. The van der Waals surface area contributed by atoms with Crippen molar-refractivity contribution in [3.63, 3.8) is 0 Å². The smallest absolute Gasteiger partial charge is 0.119 e. The molecule has 0 aliphatic rings. The first-order chi connectivity index (χ1) is 7.51. The van der Waals surface area contributed by atoms with Crippen molar-refractivity contribution in [3.8, 4) is 5.75 Å². The van der Waals surface area contributed by atoms with Crippen LogP contribution in [0.15, 0.2) is 24.3 Å². The lowest BCUT2D eigenvalue weighted by Crippen LogP contribution is -2.27. The van der Waals surface area contributed by atoms with Crippen molar-refractivity contribution in [2.45, 2.75) is 32.9 Å². The Labute approximate surface area is 97.4 Å². The van der Waals surface area contributed by atoms with Gasteiger partial charge in [0.25, 0.3) is 0 Å². The van der Waals surface area contributed by atoms with Gasteiger partial charge in [-0.25, -0.2) is 0 Å². The van der Waals surface area contributed by atoms with Crippen molar-refractivity contribution in [3.05, 3.63) is 29.8 Å². The summed E-state index contributed by atoms with van der Waals surface area (Å²) in [4.78, 5) is 0. The number of ether oxygens (including phenoxy) is 1. The maximum absolute atomic E-state index is 9.51. The molecule has 0 atom stereocenters. The van der Waals surface area contributed by atoms with E-state index in [1.807, 2.05) is 24.3 Å². The highest BCUT2D eigenvalue weighted by atomic mass is 16.5. The van der Waals surface area contributed by atoms with Crippen LogP contribution in [-0.4, -0.2) is 23.9 Å². The van der Waals surface area contributed by atoms with Crippen LogP contribution in [0.25, 0.3) is 0 Å². The van der Waals surface area contributed by atoms with Crippen molar-refractivity contribution in [1.82, 2.24) is 5.32 Å². The maximum atomic E-state index is 9.51. The van der Waals surface area contributed by atoms with Crippen LogP contribution in [0.2, 0.25) is 0 Å². The molecule has 2 N–H and O–H groups in total. The molecule has 0 radical (unpaired) electrons. The van der Waals surface area contributed by atoms with Crippen molar-refractivity contribution in [2.24, 2.45) is 0 Å². The largest absolute Gasteiger partial charge is 0.491 e. The molecule has 0 heterocycles. The third-order valence-corrected chi connectivity index (χ3v) is 2.09. The summed E-state index contributed by atoms with van der Waals surface area (Å²) in [6.07, 6.45) is 0. The lowest BCUT2D eigenvalue weighted by molar-refractivity contribution is 0.0285. The Bertz CT molecular complexity index is 301. The Morgan fingerprint density at radius 1 is 1.25 bits per heavy atom. The van der Waals surface area contributed by atoms with Gasteiger partial charge in [0, 0.05) is 6.54 Å². The number of aliphatic hydroxyl groups is 1. The third kappa shape index (κ3) is 5.14. The minimum atomic E-state index is -0.789. The summed E-state index contributed by atoms with van der Waals surface area (Å²) in [5.74, 6) is 0.794. The molecular weight excluding hydrogens is 202 g/mol. The fraction of sp³-hybridized carbons (Fsp3) is 0.538. The van der Waals surface area contributed by atoms with Crippen LogP contribution in [0, 0.1) is 0 Å². The first-order valence-electron chi connectivity index (χ1n) is 5.66. The van der Waals surface area contributed by atoms with Gasteiger partial charge >= 0.3 is 0 Å². The predicted octanol–water partition coefficient (Wildman–Crippen LogP) is 1.95. The summed E-state index contributed by atoms with van der Waals surface area (Å²) >= 11 is 0. The number of rotatable bonds is 6. The van der Waals surface area contributed by atoms with E-state index in [-0.39, 0.29) is 0 Å². The molecule has 0 bridgehead atoms. The molecule has 90 valence electrons. The molecule has 0 aromatic heterocycles. The molecule has 0 spiro atoms. The van der Waals surface area contributed by atoms with Gasteiger partial charge in [0.15, 0.2) is 0 Å². The van der Waals surface area contributed by atoms with Crippen LogP contribution in [0.1, 0.15) is 26.3 Å². The second-order valence-electron chi connectivity index (χ2n) is 4.53.